The molecule has 0 bridgehead atoms. The van der Waals surface area contributed by atoms with Gasteiger partial charge in [0.2, 0.25) is 0 Å². The number of phenols is 1. The van der Waals surface area contributed by atoms with Crippen LogP contribution in [0, 0.1) is 0 Å². The number of allylic oxidation sites excluding steroid dienone is 2. The minimum absolute atomic E-state index is 0.152. The number of benzene rings is 2. The lowest BCUT2D eigenvalue weighted by Crippen LogP contribution is -2.38. The third kappa shape index (κ3) is 11.7. The van der Waals surface area contributed by atoms with E-state index in [9.17, 15) is 18.3 Å². The molecule has 1 N–H and O–H groups in total. The number of unbranched alkanes of at least 4 members (excludes halogenated alkanes) is 4. The first-order valence-electron chi connectivity index (χ1n) is 16.9. The summed E-state index contributed by atoms with van der Waals surface area (Å²) in [6.07, 6.45) is 12.3. The molecule has 0 heterocycles. The molecule has 0 fully saturated rings. The summed E-state index contributed by atoms with van der Waals surface area (Å²) >= 11 is 0. The third-order valence-corrected chi connectivity index (χ3v) is 10.7. The van der Waals surface area contributed by atoms with Crippen LogP contribution in [0.25, 0.3) is 11.1 Å². The van der Waals surface area contributed by atoms with Crippen molar-refractivity contribution in [1.29, 1.82) is 0 Å². The summed E-state index contributed by atoms with van der Waals surface area (Å²) in [5.41, 5.74) is 4.35. The average Bonchev–Trinajstić information content (AvgIpc) is 3.15. The summed E-state index contributed by atoms with van der Waals surface area (Å²) in [6.45, 7) is 7.39. The van der Waals surface area contributed by atoms with E-state index in [1.807, 2.05) is 12.1 Å². The first-order valence-corrected chi connectivity index (χ1v) is 18.6. The molecule has 2 nitrogen and oxygen atoms in total. The van der Waals surface area contributed by atoms with Crippen LogP contribution >= 0.6 is 10.5 Å². The Hall–Kier alpha value is -2.05. The monoisotopic (exact) mass is 631 g/mol. The second-order valence-corrected chi connectivity index (χ2v) is 15.1. The van der Waals surface area contributed by atoms with Crippen molar-refractivity contribution in [3.05, 3.63) is 65.2 Å². The Kier molecular flexibility index (Phi) is 15.1. The van der Waals surface area contributed by atoms with Gasteiger partial charge in [0.05, 0.1) is 0 Å². The normalized spacial score (nSPS) is 15.0. The molecule has 6 heteroatoms. The van der Waals surface area contributed by atoms with Crippen LogP contribution in [0.5, 0.6) is 5.75 Å². The number of aryl methyl sites for hydroxylation is 1. The van der Waals surface area contributed by atoms with Crippen molar-refractivity contribution in [2.75, 3.05) is 31.1 Å². The van der Waals surface area contributed by atoms with Gasteiger partial charge >= 0.3 is 0 Å². The van der Waals surface area contributed by atoms with Crippen LogP contribution in [0.15, 0.2) is 48.5 Å². The van der Waals surface area contributed by atoms with Crippen molar-refractivity contribution in [2.45, 2.75) is 116 Å². The Bertz CT molecular complexity index is 1190. The lowest BCUT2D eigenvalue weighted by Gasteiger charge is -2.26. The number of nitrogens with zero attached hydrogens (tertiary/aromatic N) is 1. The topological polar surface area (TPSA) is 23.5 Å². The van der Waals surface area contributed by atoms with Gasteiger partial charge in [0, 0.05) is 6.42 Å². The van der Waals surface area contributed by atoms with E-state index in [1.165, 1.54) is 59.9 Å². The van der Waals surface area contributed by atoms with Gasteiger partial charge in [-0.3, -0.25) is 0 Å². The number of alkyl halides is 3. The van der Waals surface area contributed by atoms with Crippen molar-refractivity contribution in [2.24, 2.45) is 0 Å². The minimum atomic E-state index is -3.28. The highest BCUT2D eigenvalue weighted by molar-refractivity contribution is 8.14. The summed E-state index contributed by atoms with van der Waals surface area (Å²) in [6, 6.07) is 16.7. The van der Waals surface area contributed by atoms with Gasteiger partial charge in [-0.15, -0.1) is 0 Å². The second kappa shape index (κ2) is 18.2. The highest BCUT2D eigenvalue weighted by Crippen LogP contribution is 2.40. The zero-order valence-corrected chi connectivity index (χ0v) is 28.3. The summed E-state index contributed by atoms with van der Waals surface area (Å²) < 4.78 is 41.6. The molecule has 44 heavy (non-hydrogen) atoms. The maximum absolute atomic E-state index is 13.9. The van der Waals surface area contributed by atoms with Gasteiger partial charge in [0.1, 0.15) is 5.75 Å². The van der Waals surface area contributed by atoms with E-state index in [2.05, 4.69) is 54.1 Å². The number of halogens is 3. The van der Waals surface area contributed by atoms with Gasteiger partial charge in [-0.2, -0.15) is 10.5 Å². The van der Waals surface area contributed by atoms with E-state index < -0.39 is 18.0 Å². The van der Waals surface area contributed by atoms with E-state index in [4.69, 9.17) is 0 Å². The van der Waals surface area contributed by atoms with Crippen LogP contribution in [0.4, 0.5) is 13.2 Å². The quantitative estimate of drug-likeness (QED) is 0.116. The molecule has 0 aliphatic heterocycles. The van der Waals surface area contributed by atoms with Crippen LogP contribution in [0.2, 0.25) is 0 Å². The number of hydrogen-bond donors (Lipinski definition) is 1. The number of phenolic OH excluding ortho intramolecular Hbond substituents is 1. The van der Waals surface area contributed by atoms with Gasteiger partial charge < -0.3 is 10.0 Å². The summed E-state index contributed by atoms with van der Waals surface area (Å²) in [7, 11) is -0.152. The van der Waals surface area contributed by atoms with E-state index in [0.29, 0.717) is 17.9 Å². The predicted molar refractivity (Wildman–Crippen MR) is 187 cm³/mol. The predicted octanol–water partition coefficient (Wildman–Crippen LogP) is 10.9. The van der Waals surface area contributed by atoms with Gasteiger partial charge in [0.25, 0.3) is 5.92 Å². The lowest BCUT2D eigenvalue weighted by molar-refractivity contribution is -0.124. The zero-order chi connectivity index (χ0) is 32.0. The smallest absolute Gasteiger partial charge is 0.280 e. The van der Waals surface area contributed by atoms with Crippen molar-refractivity contribution in [3.63, 3.8) is 0 Å². The number of fused-ring (bicyclic) bond motifs is 1. The van der Waals surface area contributed by atoms with Crippen molar-refractivity contribution in [3.8, 4) is 5.75 Å². The molecular weight excluding hydrogens is 575 g/mol. The van der Waals surface area contributed by atoms with Crippen LogP contribution in [0.1, 0.15) is 115 Å². The maximum atomic E-state index is 13.9. The van der Waals surface area contributed by atoms with Crippen LogP contribution in [-0.4, -0.2) is 58.6 Å². The minimum Gasteiger partial charge on any atom is -0.508 e. The van der Waals surface area contributed by atoms with E-state index in [-0.39, 0.29) is 10.5 Å². The van der Waals surface area contributed by atoms with Gasteiger partial charge in [0.15, 0.2) is 5.67 Å². The molecule has 0 saturated heterocycles. The Labute approximate surface area is 268 Å². The number of rotatable bonds is 20. The molecule has 3 rings (SSSR count). The second-order valence-electron chi connectivity index (χ2n) is 13.0. The van der Waals surface area contributed by atoms with Gasteiger partial charge in [-0.05, 0) is 143 Å². The van der Waals surface area contributed by atoms with Crippen molar-refractivity contribution >= 4 is 27.5 Å². The summed E-state index contributed by atoms with van der Waals surface area (Å²) in [5.74, 6) is 2.89. The molecule has 1 aliphatic rings. The largest absolute Gasteiger partial charge is 0.508 e. The van der Waals surface area contributed by atoms with Crippen LogP contribution in [-0.2, 0) is 6.42 Å². The molecule has 0 amide bonds. The first kappa shape index (κ1) is 36.4. The standard InChI is InChI=1S/C38H56F3NOS/c1-5-6-25-42(27-16-29-44(4)28-15-24-38(40,41)37(2,3)39)26-13-8-7-12-20-36-34(31-17-10-9-11-18-31)21-14-19-32-30-33(43)22-23-35(32)36/h9-11,17-18,22-23,30,43H,4-8,12-16,19-21,24-29H2,1-3H3. The molecular formula is C38H56F3NOS. The summed E-state index contributed by atoms with van der Waals surface area (Å²) in [4.78, 5) is 2.57. The Balaban J connectivity index is 1.45. The van der Waals surface area contributed by atoms with E-state index in [1.54, 1.807) is 0 Å². The zero-order valence-electron chi connectivity index (χ0n) is 27.5. The van der Waals surface area contributed by atoms with Gasteiger partial charge in [-0.1, -0.05) is 68.5 Å². The Morgan fingerprint density at radius 2 is 1.52 bits per heavy atom. The molecule has 0 radical (unpaired) electrons. The molecule has 0 saturated carbocycles. The molecule has 0 aromatic heterocycles. The SMILES string of the molecule is C=S(CCCN(CCCC)CCCCCCC1=C(c2ccccc2)CCCc2cc(O)ccc21)CCCC(F)(F)C(C)(C)F. The highest BCUT2D eigenvalue weighted by Gasteiger charge is 2.46. The molecule has 246 valence electrons. The molecule has 0 spiro atoms. The number of aromatic hydroxyl groups is 1. The van der Waals surface area contributed by atoms with Gasteiger partial charge in [-0.25, -0.2) is 13.2 Å². The van der Waals surface area contributed by atoms with Crippen molar-refractivity contribution in [1.82, 2.24) is 4.90 Å². The van der Waals surface area contributed by atoms with E-state index >= 15 is 0 Å². The Morgan fingerprint density at radius 1 is 0.841 bits per heavy atom. The third-order valence-electron chi connectivity index (χ3n) is 8.95. The molecule has 1 atom stereocenters. The van der Waals surface area contributed by atoms with Crippen LogP contribution < -0.4 is 0 Å². The Morgan fingerprint density at radius 3 is 2.25 bits per heavy atom. The highest BCUT2D eigenvalue weighted by atomic mass is 32.2. The fourth-order valence-electron chi connectivity index (χ4n) is 6.19. The fourth-order valence-corrected chi connectivity index (χ4v) is 7.49. The molecule has 2 aromatic rings. The average molecular weight is 632 g/mol. The summed E-state index contributed by atoms with van der Waals surface area (Å²) in [5, 5.41) is 10.1. The first-order chi connectivity index (χ1) is 21.0. The fraction of sp³-hybridized carbons (Fsp3) is 0.605. The molecule has 2 aromatic carbocycles. The van der Waals surface area contributed by atoms with Crippen LogP contribution in [0.3, 0.4) is 0 Å². The lowest BCUT2D eigenvalue weighted by atomic mass is 9.89. The molecule has 1 unspecified atom stereocenters. The number of hydrogen-bond acceptors (Lipinski definition) is 2. The van der Waals surface area contributed by atoms with Crippen molar-refractivity contribution < 1.29 is 18.3 Å². The molecule has 1 aliphatic carbocycles. The van der Waals surface area contributed by atoms with E-state index in [0.717, 1.165) is 77.8 Å². The maximum Gasteiger partial charge on any atom is 0.280 e.